The summed E-state index contributed by atoms with van der Waals surface area (Å²) in [6, 6.07) is 18.6. The van der Waals surface area contributed by atoms with Crippen molar-refractivity contribution in [2.75, 3.05) is 5.32 Å². The molecule has 0 saturated heterocycles. The first-order valence-electron chi connectivity index (χ1n) is 9.38. The predicted molar refractivity (Wildman–Crippen MR) is 115 cm³/mol. The van der Waals surface area contributed by atoms with E-state index in [1.807, 2.05) is 18.3 Å². The standard InChI is InChI=1S/C22H20ClN5O2/c1-16-4-2-3-5-17(16)14-27-13-11-21(26-27)24-22(29)20-10-12-28(25-20)15-30-19-8-6-18(23)7-9-19/h2-13H,14-15H2,1H3,(H,24,26,29). The monoisotopic (exact) mass is 421 g/mol. The average Bonchev–Trinajstić information content (AvgIpc) is 3.39. The van der Waals surface area contributed by atoms with E-state index in [9.17, 15) is 4.79 Å². The molecule has 0 aliphatic heterocycles. The van der Waals surface area contributed by atoms with Crippen molar-refractivity contribution in [1.29, 1.82) is 0 Å². The zero-order valence-electron chi connectivity index (χ0n) is 16.3. The van der Waals surface area contributed by atoms with Crippen LogP contribution in [0.5, 0.6) is 5.75 Å². The van der Waals surface area contributed by atoms with Gasteiger partial charge in [0.1, 0.15) is 5.75 Å². The number of aromatic nitrogens is 4. The first-order chi connectivity index (χ1) is 14.6. The van der Waals surface area contributed by atoms with Crippen molar-refractivity contribution < 1.29 is 9.53 Å². The number of aryl methyl sites for hydroxylation is 1. The highest BCUT2D eigenvalue weighted by Crippen LogP contribution is 2.16. The number of carbonyl (C=O) groups excluding carboxylic acids is 1. The van der Waals surface area contributed by atoms with Crippen LogP contribution in [0, 0.1) is 6.92 Å². The largest absolute Gasteiger partial charge is 0.471 e. The first kappa shape index (κ1) is 19.7. The van der Waals surface area contributed by atoms with Gasteiger partial charge in [0.05, 0.1) is 6.54 Å². The molecule has 0 fully saturated rings. The van der Waals surface area contributed by atoms with Gasteiger partial charge >= 0.3 is 0 Å². The molecule has 2 aromatic carbocycles. The summed E-state index contributed by atoms with van der Waals surface area (Å²) in [6.45, 7) is 2.88. The molecule has 152 valence electrons. The van der Waals surface area contributed by atoms with Crippen LogP contribution in [0.1, 0.15) is 21.6 Å². The molecule has 1 N–H and O–H groups in total. The second kappa shape index (κ2) is 8.84. The van der Waals surface area contributed by atoms with E-state index in [1.165, 1.54) is 11.1 Å². The van der Waals surface area contributed by atoms with Gasteiger partial charge in [-0.1, -0.05) is 35.9 Å². The number of hydrogen-bond donors (Lipinski definition) is 1. The molecule has 0 unspecified atom stereocenters. The van der Waals surface area contributed by atoms with E-state index in [-0.39, 0.29) is 18.3 Å². The number of nitrogens with one attached hydrogen (secondary N) is 1. The lowest BCUT2D eigenvalue weighted by molar-refractivity contribution is 0.101. The molecular weight excluding hydrogens is 402 g/mol. The normalized spacial score (nSPS) is 10.7. The Bertz CT molecular complexity index is 1150. The summed E-state index contributed by atoms with van der Waals surface area (Å²) in [5.74, 6) is 0.807. The maximum absolute atomic E-state index is 12.5. The fourth-order valence-corrected chi connectivity index (χ4v) is 3.01. The van der Waals surface area contributed by atoms with Crippen molar-refractivity contribution in [2.45, 2.75) is 20.2 Å². The summed E-state index contributed by atoms with van der Waals surface area (Å²) >= 11 is 5.86. The number of halogens is 1. The molecule has 0 spiro atoms. The van der Waals surface area contributed by atoms with Crippen LogP contribution in [0.4, 0.5) is 5.82 Å². The highest BCUT2D eigenvalue weighted by atomic mass is 35.5. The Hall–Kier alpha value is -3.58. The van der Waals surface area contributed by atoms with E-state index in [4.69, 9.17) is 16.3 Å². The number of benzene rings is 2. The molecule has 8 heteroatoms. The van der Waals surface area contributed by atoms with Crippen LogP contribution in [0.3, 0.4) is 0 Å². The fourth-order valence-electron chi connectivity index (χ4n) is 2.88. The number of nitrogens with zero attached hydrogens (tertiary/aromatic N) is 4. The Balaban J connectivity index is 1.34. The zero-order valence-corrected chi connectivity index (χ0v) is 17.1. The lowest BCUT2D eigenvalue weighted by atomic mass is 10.1. The smallest absolute Gasteiger partial charge is 0.277 e. The Labute approximate surface area is 178 Å². The zero-order chi connectivity index (χ0) is 20.9. The molecule has 0 saturated carbocycles. The van der Waals surface area contributed by atoms with E-state index >= 15 is 0 Å². The van der Waals surface area contributed by atoms with Gasteiger partial charge in [-0.15, -0.1) is 0 Å². The summed E-state index contributed by atoms with van der Waals surface area (Å²) in [6.07, 6.45) is 3.52. The van der Waals surface area contributed by atoms with Crippen LogP contribution in [0.15, 0.2) is 73.1 Å². The van der Waals surface area contributed by atoms with Gasteiger partial charge in [0.25, 0.3) is 5.91 Å². The molecule has 0 radical (unpaired) electrons. The molecule has 0 bridgehead atoms. The lowest BCUT2D eigenvalue weighted by Crippen LogP contribution is -2.15. The molecule has 2 heterocycles. The number of hydrogen-bond acceptors (Lipinski definition) is 4. The second-order valence-electron chi connectivity index (χ2n) is 6.75. The Morgan fingerprint density at radius 3 is 2.57 bits per heavy atom. The third kappa shape index (κ3) is 4.87. The quantitative estimate of drug-likeness (QED) is 0.480. The molecule has 2 aromatic heterocycles. The molecule has 1 amide bonds. The second-order valence-corrected chi connectivity index (χ2v) is 7.18. The summed E-state index contributed by atoms with van der Waals surface area (Å²) < 4.78 is 8.95. The number of ether oxygens (including phenoxy) is 1. The van der Waals surface area contributed by atoms with Crippen molar-refractivity contribution in [3.63, 3.8) is 0 Å². The lowest BCUT2D eigenvalue weighted by Gasteiger charge is -2.06. The van der Waals surface area contributed by atoms with Crippen LogP contribution in [-0.4, -0.2) is 25.5 Å². The first-order valence-corrected chi connectivity index (χ1v) is 9.76. The fraction of sp³-hybridized carbons (Fsp3) is 0.136. The van der Waals surface area contributed by atoms with Gasteiger partial charge in [0.15, 0.2) is 18.2 Å². The van der Waals surface area contributed by atoms with Crippen LogP contribution >= 0.6 is 11.6 Å². The van der Waals surface area contributed by atoms with Crippen molar-refractivity contribution in [1.82, 2.24) is 19.6 Å². The number of amides is 1. The number of rotatable bonds is 7. The minimum absolute atomic E-state index is 0.181. The maximum atomic E-state index is 12.5. The van der Waals surface area contributed by atoms with E-state index in [0.29, 0.717) is 23.1 Å². The van der Waals surface area contributed by atoms with Gasteiger partial charge in [-0.2, -0.15) is 10.2 Å². The average molecular weight is 422 g/mol. The molecule has 0 atom stereocenters. The SMILES string of the molecule is Cc1ccccc1Cn1ccc(NC(=O)c2ccn(COc3ccc(Cl)cc3)n2)n1. The summed E-state index contributed by atoms with van der Waals surface area (Å²) in [5.41, 5.74) is 2.66. The van der Waals surface area contributed by atoms with Gasteiger partial charge in [-0.25, -0.2) is 4.68 Å². The molecule has 0 aliphatic rings. The van der Waals surface area contributed by atoms with Gasteiger partial charge in [-0.05, 0) is 48.4 Å². The molecule has 0 aliphatic carbocycles. The van der Waals surface area contributed by atoms with Crippen LogP contribution in [0.25, 0.3) is 0 Å². The minimum atomic E-state index is -0.332. The molecular formula is C22H20ClN5O2. The van der Waals surface area contributed by atoms with E-state index in [0.717, 1.165) is 0 Å². The maximum Gasteiger partial charge on any atom is 0.277 e. The van der Waals surface area contributed by atoms with Gasteiger partial charge in [0, 0.05) is 23.5 Å². The summed E-state index contributed by atoms with van der Waals surface area (Å²) in [5, 5.41) is 12.1. The summed E-state index contributed by atoms with van der Waals surface area (Å²) in [7, 11) is 0. The van der Waals surface area contributed by atoms with Crippen LogP contribution in [-0.2, 0) is 13.3 Å². The minimum Gasteiger partial charge on any atom is -0.471 e. The highest BCUT2D eigenvalue weighted by molar-refractivity contribution is 6.30. The van der Waals surface area contributed by atoms with Gasteiger partial charge in [-0.3, -0.25) is 9.48 Å². The van der Waals surface area contributed by atoms with Crippen molar-refractivity contribution >= 4 is 23.3 Å². The topological polar surface area (TPSA) is 74.0 Å². The van der Waals surface area contributed by atoms with E-state index in [1.54, 1.807) is 52.0 Å². The van der Waals surface area contributed by atoms with Gasteiger partial charge in [0.2, 0.25) is 0 Å². The predicted octanol–water partition coefficient (Wildman–Crippen LogP) is 4.38. The molecule has 7 nitrogen and oxygen atoms in total. The Morgan fingerprint density at radius 1 is 1.00 bits per heavy atom. The van der Waals surface area contributed by atoms with E-state index < -0.39 is 0 Å². The molecule has 4 rings (SSSR count). The third-order valence-electron chi connectivity index (χ3n) is 4.53. The van der Waals surface area contributed by atoms with Crippen molar-refractivity contribution in [3.8, 4) is 5.75 Å². The summed E-state index contributed by atoms with van der Waals surface area (Å²) in [4.78, 5) is 12.5. The van der Waals surface area contributed by atoms with E-state index in [2.05, 4.69) is 34.6 Å². The molecule has 4 aromatic rings. The number of anilines is 1. The van der Waals surface area contributed by atoms with Crippen LogP contribution < -0.4 is 10.1 Å². The van der Waals surface area contributed by atoms with Crippen LogP contribution in [0.2, 0.25) is 5.02 Å². The van der Waals surface area contributed by atoms with Gasteiger partial charge < -0.3 is 10.1 Å². The highest BCUT2D eigenvalue weighted by Gasteiger charge is 2.12. The Kier molecular flexibility index (Phi) is 5.81. The van der Waals surface area contributed by atoms with Crippen molar-refractivity contribution in [2.24, 2.45) is 0 Å². The molecule has 30 heavy (non-hydrogen) atoms. The number of carbonyl (C=O) groups is 1. The van der Waals surface area contributed by atoms with Crippen molar-refractivity contribution in [3.05, 3.63) is 94.9 Å². The Morgan fingerprint density at radius 2 is 1.77 bits per heavy atom. The third-order valence-corrected chi connectivity index (χ3v) is 4.78.